The molecule has 0 spiro atoms. The van der Waals surface area contributed by atoms with Crippen LogP contribution >= 0.6 is 0 Å². The first-order chi connectivity index (χ1) is 9.24. The van der Waals surface area contributed by atoms with Gasteiger partial charge in [-0.25, -0.2) is 4.98 Å². The lowest BCUT2D eigenvalue weighted by Crippen LogP contribution is -2.37. The van der Waals surface area contributed by atoms with Crippen molar-refractivity contribution in [3.63, 3.8) is 0 Å². The van der Waals surface area contributed by atoms with Crippen LogP contribution in [0.4, 0.5) is 5.82 Å². The first-order valence-electron chi connectivity index (χ1n) is 6.62. The molecule has 2 aromatic rings. The van der Waals surface area contributed by atoms with E-state index < -0.39 is 0 Å². The maximum atomic E-state index is 11.7. The summed E-state index contributed by atoms with van der Waals surface area (Å²) >= 11 is 0. The molecule has 1 N–H and O–H groups in total. The van der Waals surface area contributed by atoms with E-state index in [1.54, 1.807) is 0 Å². The van der Waals surface area contributed by atoms with Gasteiger partial charge < -0.3 is 10.2 Å². The van der Waals surface area contributed by atoms with Crippen molar-refractivity contribution in [3.05, 3.63) is 36.4 Å². The number of carbonyl (C=O) groups excluding carboxylic acids is 1. The van der Waals surface area contributed by atoms with Crippen LogP contribution in [0, 0.1) is 0 Å². The fraction of sp³-hybridized carbons (Fsp3) is 0.333. The average Bonchev–Trinajstić information content (AvgIpc) is 2.44. The molecule has 0 unspecified atom stereocenters. The molecular formula is C15H19N3O. The smallest absolute Gasteiger partial charge is 0.239 e. The lowest BCUT2D eigenvalue weighted by atomic mass is 10.2. The molecule has 0 radical (unpaired) electrons. The van der Waals surface area contributed by atoms with Gasteiger partial charge in [0.25, 0.3) is 0 Å². The summed E-state index contributed by atoms with van der Waals surface area (Å²) in [6.07, 6.45) is 0. The summed E-state index contributed by atoms with van der Waals surface area (Å²) in [5.74, 6) is 0.867. The number of pyridine rings is 1. The highest BCUT2D eigenvalue weighted by molar-refractivity contribution is 5.83. The Balaban J connectivity index is 2.22. The Morgan fingerprint density at radius 3 is 2.74 bits per heavy atom. The van der Waals surface area contributed by atoms with Crippen molar-refractivity contribution in [2.24, 2.45) is 0 Å². The SMILES string of the molecule is CCNC(=O)CN(CC)c1ccc2ccccc2n1. The van der Waals surface area contributed by atoms with Crippen molar-refractivity contribution in [3.8, 4) is 0 Å². The average molecular weight is 257 g/mol. The monoisotopic (exact) mass is 257 g/mol. The summed E-state index contributed by atoms with van der Waals surface area (Å²) in [6.45, 7) is 5.69. The van der Waals surface area contributed by atoms with E-state index in [1.165, 1.54) is 0 Å². The van der Waals surface area contributed by atoms with Gasteiger partial charge in [0.05, 0.1) is 12.1 Å². The summed E-state index contributed by atoms with van der Waals surface area (Å²) in [7, 11) is 0. The van der Waals surface area contributed by atoms with E-state index >= 15 is 0 Å². The Morgan fingerprint density at radius 2 is 2.00 bits per heavy atom. The van der Waals surface area contributed by atoms with Crippen LogP contribution in [0.3, 0.4) is 0 Å². The standard InChI is InChI=1S/C15H19N3O/c1-3-16-15(19)11-18(4-2)14-10-9-12-7-5-6-8-13(12)17-14/h5-10H,3-4,11H2,1-2H3,(H,16,19). The van der Waals surface area contributed by atoms with Gasteiger partial charge in [0.1, 0.15) is 5.82 Å². The van der Waals surface area contributed by atoms with Crippen LogP contribution in [0.2, 0.25) is 0 Å². The Hall–Kier alpha value is -2.10. The molecule has 0 fully saturated rings. The zero-order valence-corrected chi connectivity index (χ0v) is 11.4. The van der Waals surface area contributed by atoms with Crippen LogP contribution in [0.5, 0.6) is 0 Å². The molecule has 1 aromatic carbocycles. The van der Waals surface area contributed by atoms with E-state index in [9.17, 15) is 4.79 Å². The van der Waals surface area contributed by atoms with E-state index in [2.05, 4.69) is 10.3 Å². The Bertz CT molecular complexity index is 568. The van der Waals surface area contributed by atoms with Crippen molar-refractivity contribution in [2.75, 3.05) is 24.5 Å². The number of likely N-dealkylation sites (N-methyl/N-ethyl adjacent to an activating group) is 2. The fourth-order valence-electron chi connectivity index (χ4n) is 2.01. The highest BCUT2D eigenvalue weighted by Gasteiger charge is 2.10. The Morgan fingerprint density at radius 1 is 1.21 bits per heavy atom. The topological polar surface area (TPSA) is 45.2 Å². The van der Waals surface area contributed by atoms with E-state index in [0.29, 0.717) is 13.1 Å². The number of fused-ring (bicyclic) bond motifs is 1. The van der Waals surface area contributed by atoms with Gasteiger partial charge >= 0.3 is 0 Å². The van der Waals surface area contributed by atoms with E-state index in [1.807, 2.05) is 55.1 Å². The van der Waals surface area contributed by atoms with Gasteiger partial charge in [-0.15, -0.1) is 0 Å². The lowest BCUT2D eigenvalue weighted by molar-refractivity contribution is -0.119. The van der Waals surface area contributed by atoms with E-state index in [0.717, 1.165) is 23.3 Å². The molecule has 1 aromatic heterocycles. The quantitative estimate of drug-likeness (QED) is 0.893. The van der Waals surface area contributed by atoms with Crippen LogP contribution in [-0.2, 0) is 4.79 Å². The van der Waals surface area contributed by atoms with Crippen molar-refractivity contribution >= 4 is 22.6 Å². The van der Waals surface area contributed by atoms with Crippen molar-refractivity contribution < 1.29 is 4.79 Å². The first kappa shape index (κ1) is 13.3. The summed E-state index contributed by atoms with van der Waals surface area (Å²) in [4.78, 5) is 18.2. The predicted octanol–water partition coefficient (Wildman–Crippen LogP) is 2.20. The third-order valence-corrected chi connectivity index (χ3v) is 3.00. The van der Waals surface area contributed by atoms with Crippen molar-refractivity contribution in [2.45, 2.75) is 13.8 Å². The molecule has 100 valence electrons. The van der Waals surface area contributed by atoms with Gasteiger partial charge in [-0.1, -0.05) is 18.2 Å². The molecule has 0 saturated carbocycles. The molecule has 0 atom stereocenters. The molecule has 0 bridgehead atoms. The molecule has 0 aliphatic rings. The van der Waals surface area contributed by atoms with Gasteiger partial charge in [0, 0.05) is 18.5 Å². The highest BCUT2D eigenvalue weighted by atomic mass is 16.2. The number of carbonyl (C=O) groups is 1. The molecule has 19 heavy (non-hydrogen) atoms. The molecule has 0 aliphatic carbocycles. The second-order valence-electron chi connectivity index (χ2n) is 4.33. The molecule has 1 heterocycles. The highest BCUT2D eigenvalue weighted by Crippen LogP contribution is 2.17. The zero-order chi connectivity index (χ0) is 13.7. The third kappa shape index (κ3) is 3.22. The van der Waals surface area contributed by atoms with Gasteiger partial charge in [0.2, 0.25) is 5.91 Å². The second-order valence-corrected chi connectivity index (χ2v) is 4.33. The number of anilines is 1. The van der Waals surface area contributed by atoms with E-state index in [-0.39, 0.29) is 5.91 Å². The number of aromatic nitrogens is 1. The maximum absolute atomic E-state index is 11.7. The number of nitrogens with one attached hydrogen (secondary N) is 1. The van der Waals surface area contributed by atoms with Gasteiger partial charge in [0.15, 0.2) is 0 Å². The molecule has 0 aliphatic heterocycles. The van der Waals surface area contributed by atoms with Crippen LogP contribution in [0.25, 0.3) is 10.9 Å². The number of amides is 1. The zero-order valence-electron chi connectivity index (χ0n) is 11.4. The van der Waals surface area contributed by atoms with Crippen LogP contribution < -0.4 is 10.2 Å². The number of nitrogens with zero attached hydrogens (tertiary/aromatic N) is 2. The summed E-state index contributed by atoms with van der Waals surface area (Å²) in [5.41, 5.74) is 0.953. The third-order valence-electron chi connectivity index (χ3n) is 3.00. The molecule has 4 heteroatoms. The second kappa shape index (κ2) is 6.18. The Labute approximate surface area is 113 Å². The van der Waals surface area contributed by atoms with Crippen LogP contribution in [-0.4, -0.2) is 30.5 Å². The normalized spacial score (nSPS) is 10.4. The lowest BCUT2D eigenvalue weighted by Gasteiger charge is -2.21. The van der Waals surface area contributed by atoms with Crippen molar-refractivity contribution in [1.29, 1.82) is 0 Å². The molecule has 4 nitrogen and oxygen atoms in total. The van der Waals surface area contributed by atoms with Crippen molar-refractivity contribution in [1.82, 2.24) is 10.3 Å². The van der Waals surface area contributed by atoms with Gasteiger partial charge in [-0.05, 0) is 32.0 Å². The Kier molecular flexibility index (Phi) is 4.34. The molecule has 1 amide bonds. The minimum Gasteiger partial charge on any atom is -0.355 e. The summed E-state index contributed by atoms with van der Waals surface area (Å²) in [6, 6.07) is 12.0. The van der Waals surface area contributed by atoms with Crippen LogP contribution in [0.15, 0.2) is 36.4 Å². The maximum Gasteiger partial charge on any atom is 0.239 e. The number of hydrogen-bond donors (Lipinski definition) is 1. The summed E-state index contributed by atoms with van der Waals surface area (Å²) < 4.78 is 0. The number of benzene rings is 1. The number of rotatable bonds is 5. The molecule has 0 saturated heterocycles. The van der Waals surface area contributed by atoms with E-state index in [4.69, 9.17) is 0 Å². The molecular weight excluding hydrogens is 238 g/mol. The number of hydrogen-bond acceptors (Lipinski definition) is 3. The van der Waals surface area contributed by atoms with Gasteiger partial charge in [-0.2, -0.15) is 0 Å². The molecule has 2 rings (SSSR count). The largest absolute Gasteiger partial charge is 0.355 e. The minimum absolute atomic E-state index is 0.0271. The number of para-hydroxylation sites is 1. The van der Waals surface area contributed by atoms with Gasteiger partial charge in [-0.3, -0.25) is 4.79 Å². The summed E-state index contributed by atoms with van der Waals surface area (Å²) in [5, 5.41) is 3.92. The minimum atomic E-state index is 0.0271. The first-order valence-corrected chi connectivity index (χ1v) is 6.62. The van der Waals surface area contributed by atoms with Crippen LogP contribution in [0.1, 0.15) is 13.8 Å². The fourth-order valence-corrected chi connectivity index (χ4v) is 2.01. The predicted molar refractivity (Wildman–Crippen MR) is 78.3 cm³/mol.